The van der Waals surface area contributed by atoms with Gasteiger partial charge in [-0.1, -0.05) is 0 Å². The number of ether oxygens (including phenoxy) is 1. The molecule has 0 aromatic carbocycles. The van der Waals surface area contributed by atoms with E-state index in [4.69, 9.17) is 0 Å². The average molecular weight is 227 g/mol. The largest absolute Gasteiger partial charge is 0.459 e. The first-order valence-electron chi connectivity index (χ1n) is 5.53. The maximum Gasteiger partial charge on any atom is 0.397 e. The molecule has 1 aliphatic rings. The predicted molar refractivity (Wildman–Crippen MR) is 56.7 cm³/mol. The highest BCUT2D eigenvalue weighted by atomic mass is 16.5. The van der Waals surface area contributed by atoms with Crippen molar-refractivity contribution < 1.29 is 19.1 Å². The third-order valence-electron chi connectivity index (χ3n) is 2.62. The Kier molecular flexibility index (Phi) is 4.46. The summed E-state index contributed by atoms with van der Waals surface area (Å²) in [6.45, 7) is 3.22. The first kappa shape index (κ1) is 12.7. The molecule has 5 nitrogen and oxygen atoms in total. The Morgan fingerprint density at radius 3 is 2.31 bits per heavy atom. The van der Waals surface area contributed by atoms with E-state index in [1.54, 1.807) is 6.92 Å². The number of nitrogens with zero attached hydrogens (tertiary/aromatic N) is 1. The van der Waals surface area contributed by atoms with Gasteiger partial charge < -0.3 is 9.64 Å². The molecule has 1 fully saturated rings. The van der Waals surface area contributed by atoms with Crippen LogP contribution in [0.3, 0.4) is 0 Å². The van der Waals surface area contributed by atoms with Gasteiger partial charge in [0.25, 0.3) is 0 Å². The van der Waals surface area contributed by atoms with Gasteiger partial charge in [-0.25, -0.2) is 4.79 Å². The summed E-state index contributed by atoms with van der Waals surface area (Å²) in [5.74, 6) is -1.68. The fourth-order valence-electron chi connectivity index (χ4n) is 1.62. The molecule has 0 aliphatic heterocycles. The van der Waals surface area contributed by atoms with Crippen molar-refractivity contribution in [2.45, 2.75) is 39.2 Å². The smallest absolute Gasteiger partial charge is 0.397 e. The molecular formula is C11H17NO4. The number of hydrogen-bond donors (Lipinski definition) is 0. The SMILES string of the molecule is CCOC(=O)C(=O)N(CC(C)=O)C1CCC1. The van der Waals surface area contributed by atoms with Gasteiger partial charge in [0.1, 0.15) is 5.78 Å². The molecule has 16 heavy (non-hydrogen) atoms. The van der Waals surface area contributed by atoms with Gasteiger partial charge in [0.2, 0.25) is 0 Å². The molecule has 90 valence electrons. The van der Waals surface area contributed by atoms with Crippen LogP contribution in [0.25, 0.3) is 0 Å². The average Bonchev–Trinajstić information content (AvgIpc) is 2.12. The van der Waals surface area contributed by atoms with E-state index in [9.17, 15) is 14.4 Å². The quantitative estimate of drug-likeness (QED) is 0.519. The second-order valence-electron chi connectivity index (χ2n) is 3.94. The lowest BCUT2D eigenvalue weighted by molar-refractivity contribution is -0.162. The van der Waals surface area contributed by atoms with Crippen molar-refractivity contribution in [1.29, 1.82) is 0 Å². The minimum atomic E-state index is -0.865. The van der Waals surface area contributed by atoms with E-state index in [1.807, 2.05) is 0 Å². The van der Waals surface area contributed by atoms with Gasteiger partial charge in [-0.05, 0) is 33.1 Å². The summed E-state index contributed by atoms with van der Waals surface area (Å²) in [5, 5.41) is 0. The van der Waals surface area contributed by atoms with Crippen LogP contribution in [0.2, 0.25) is 0 Å². The zero-order valence-electron chi connectivity index (χ0n) is 9.69. The number of carbonyl (C=O) groups is 3. The summed E-state index contributed by atoms with van der Waals surface area (Å²) in [4.78, 5) is 35.4. The second-order valence-corrected chi connectivity index (χ2v) is 3.94. The van der Waals surface area contributed by atoms with Gasteiger partial charge in [-0.3, -0.25) is 9.59 Å². The summed E-state index contributed by atoms with van der Waals surface area (Å²) in [6, 6.07) is 0.0285. The van der Waals surface area contributed by atoms with E-state index >= 15 is 0 Å². The number of carbonyl (C=O) groups excluding carboxylic acids is 3. The van der Waals surface area contributed by atoms with Gasteiger partial charge in [0.05, 0.1) is 13.2 Å². The molecule has 0 unspecified atom stereocenters. The Morgan fingerprint density at radius 2 is 1.94 bits per heavy atom. The van der Waals surface area contributed by atoms with Gasteiger partial charge in [0.15, 0.2) is 0 Å². The highest BCUT2D eigenvalue weighted by Gasteiger charge is 2.33. The summed E-state index contributed by atoms with van der Waals surface area (Å²) in [6.07, 6.45) is 2.76. The van der Waals surface area contributed by atoms with Gasteiger partial charge in [-0.2, -0.15) is 0 Å². The zero-order chi connectivity index (χ0) is 12.1. The molecule has 0 heterocycles. The van der Waals surface area contributed by atoms with Crippen molar-refractivity contribution in [2.24, 2.45) is 0 Å². The number of ketones is 1. The molecule has 0 radical (unpaired) electrons. The molecule has 0 spiro atoms. The third-order valence-corrected chi connectivity index (χ3v) is 2.62. The van der Waals surface area contributed by atoms with Crippen LogP contribution in [0.1, 0.15) is 33.1 Å². The van der Waals surface area contributed by atoms with Crippen LogP contribution in [0.15, 0.2) is 0 Å². The van der Waals surface area contributed by atoms with E-state index in [0.29, 0.717) is 0 Å². The summed E-state index contributed by atoms with van der Waals surface area (Å²) < 4.78 is 4.64. The Balaban J connectivity index is 2.63. The minimum absolute atomic E-state index is 0.00230. The molecule has 5 heteroatoms. The highest BCUT2D eigenvalue weighted by Crippen LogP contribution is 2.24. The molecule has 1 saturated carbocycles. The maximum absolute atomic E-state index is 11.7. The summed E-state index contributed by atoms with van der Waals surface area (Å²) >= 11 is 0. The first-order valence-corrected chi connectivity index (χ1v) is 5.53. The molecule has 0 saturated heterocycles. The molecule has 0 atom stereocenters. The Bertz CT molecular complexity index is 296. The zero-order valence-corrected chi connectivity index (χ0v) is 9.69. The fraction of sp³-hybridized carbons (Fsp3) is 0.727. The second kappa shape index (κ2) is 5.63. The molecule has 0 bridgehead atoms. The van der Waals surface area contributed by atoms with Crippen molar-refractivity contribution >= 4 is 17.7 Å². The van der Waals surface area contributed by atoms with Crippen LogP contribution < -0.4 is 0 Å². The topological polar surface area (TPSA) is 63.7 Å². The fourth-order valence-corrected chi connectivity index (χ4v) is 1.62. The summed E-state index contributed by atoms with van der Waals surface area (Å²) in [7, 11) is 0. The van der Waals surface area contributed by atoms with Crippen molar-refractivity contribution in [2.75, 3.05) is 13.2 Å². The van der Waals surface area contributed by atoms with E-state index in [1.165, 1.54) is 11.8 Å². The Morgan fingerprint density at radius 1 is 1.31 bits per heavy atom. The van der Waals surface area contributed by atoms with Crippen LogP contribution in [0.4, 0.5) is 0 Å². The van der Waals surface area contributed by atoms with E-state index < -0.39 is 11.9 Å². The van der Waals surface area contributed by atoms with Crippen molar-refractivity contribution in [1.82, 2.24) is 4.90 Å². The van der Waals surface area contributed by atoms with Crippen LogP contribution in [-0.4, -0.2) is 41.8 Å². The number of Topliss-reactive ketones (excluding diaryl/α,β-unsaturated/α-hetero) is 1. The number of rotatable bonds is 4. The van der Waals surface area contributed by atoms with Crippen LogP contribution >= 0.6 is 0 Å². The molecule has 1 rings (SSSR count). The summed E-state index contributed by atoms with van der Waals surface area (Å²) in [5.41, 5.74) is 0. The van der Waals surface area contributed by atoms with Crippen LogP contribution in [0, 0.1) is 0 Å². The lowest BCUT2D eigenvalue weighted by Gasteiger charge is -2.36. The van der Waals surface area contributed by atoms with Crippen LogP contribution in [0.5, 0.6) is 0 Å². The minimum Gasteiger partial charge on any atom is -0.459 e. The van der Waals surface area contributed by atoms with Crippen LogP contribution in [-0.2, 0) is 19.1 Å². The standard InChI is InChI=1S/C11H17NO4/c1-3-16-11(15)10(14)12(7-8(2)13)9-5-4-6-9/h9H,3-7H2,1-2H3. The van der Waals surface area contributed by atoms with Gasteiger partial charge >= 0.3 is 11.9 Å². The van der Waals surface area contributed by atoms with Gasteiger partial charge in [-0.15, -0.1) is 0 Å². The Labute approximate surface area is 94.7 Å². The van der Waals surface area contributed by atoms with E-state index in [-0.39, 0.29) is 25.0 Å². The monoisotopic (exact) mass is 227 g/mol. The number of esters is 1. The van der Waals surface area contributed by atoms with E-state index in [2.05, 4.69) is 4.74 Å². The van der Waals surface area contributed by atoms with Gasteiger partial charge in [0, 0.05) is 6.04 Å². The van der Waals surface area contributed by atoms with E-state index in [0.717, 1.165) is 19.3 Å². The predicted octanol–water partition coefficient (Wildman–Crippen LogP) is 0.520. The van der Waals surface area contributed by atoms with Crippen molar-refractivity contribution in [3.05, 3.63) is 0 Å². The van der Waals surface area contributed by atoms with Crippen molar-refractivity contribution in [3.8, 4) is 0 Å². The molecule has 0 aromatic heterocycles. The Hall–Kier alpha value is -1.39. The number of hydrogen-bond acceptors (Lipinski definition) is 4. The number of amides is 1. The molecule has 1 aliphatic carbocycles. The molecule has 0 aromatic rings. The van der Waals surface area contributed by atoms with Crippen molar-refractivity contribution in [3.63, 3.8) is 0 Å². The molecule has 1 amide bonds. The third kappa shape index (κ3) is 3.05. The highest BCUT2D eigenvalue weighted by molar-refractivity contribution is 6.32. The molecular weight excluding hydrogens is 210 g/mol. The first-order chi connectivity index (χ1) is 7.56. The normalized spacial score (nSPS) is 15.1. The maximum atomic E-state index is 11.7. The lowest BCUT2D eigenvalue weighted by Crippen LogP contribution is -2.49. The lowest BCUT2D eigenvalue weighted by atomic mass is 9.91. The molecule has 0 N–H and O–H groups in total.